The third-order valence-electron chi connectivity index (χ3n) is 2.40. The minimum absolute atomic E-state index is 0.137. The van der Waals surface area contributed by atoms with E-state index in [1.165, 1.54) is 18.2 Å². The van der Waals surface area contributed by atoms with Gasteiger partial charge in [0.15, 0.2) is 11.6 Å². The monoisotopic (exact) mass is 258 g/mol. The Morgan fingerprint density at radius 2 is 1.74 bits per heavy atom. The normalized spacial score (nSPS) is 11.3. The van der Waals surface area contributed by atoms with E-state index in [1.54, 1.807) is 30.3 Å². The van der Waals surface area contributed by atoms with E-state index >= 15 is 0 Å². The average Bonchev–Trinajstić information content (AvgIpc) is 2.44. The molecule has 0 aliphatic rings. The number of rotatable bonds is 4. The van der Waals surface area contributed by atoms with Crippen LogP contribution in [0.2, 0.25) is 0 Å². The van der Waals surface area contributed by atoms with E-state index in [1.807, 2.05) is 18.2 Å². The fourth-order valence-electron chi connectivity index (χ4n) is 1.53. The Hall–Kier alpha value is -2.42. The fourth-order valence-corrected chi connectivity index (χ4v) is 1.53. The van der Waals surface area contributed by atoms with E-state index in [0.29, 0.717) is 12.1 Å². The quantitative estimate of drug-likeness (QED) is 0.692. The summed E-state index contributed by atoms with van der Waals surface area (Å²) in [5, 5.41) is 0. The average molecular weight is 258 g/mol. The van der Waals surface area contributed by atoms with Gasteiger partial charge in [-0.1, -0.05) is 36.4 Å². The Morgan fingerprint density at radius 1 is 0.947 bits per heavy atom. The van der Waals surface area contributed by atoms with Crippen LogP contribution in [0.15, 0.2) is 67.0 Å². The van der Waals surface area contributed by atoms with Crippen molar-refractivity contribution in [1.82, 2.24) is 0 Å². The Bertz CT molecular complexity index is 589. The number of benzene rings is 2. The van der Waals surface area contributed by atoms with Crippen LogP contribution in [0.1, 0.15) is 5.56 Å². The van der Waals surface area contributed by atoms with Gasteiger partial charge in [0.25, 0.3) is 0 Å². The van der Waals surface area contributed by atoms with E-state index in [0.717, 1.165) is 5.56 Å². The molecule has 0 heterocycles. The Labute approximate surface area is 110 Å². The zero-order valence-corrected chi connectivity index (χ0v) is 10.1. The maximum atomic E-state index is 13.6. The van der Waals surface area contributed by atoms with Gasteiger partial charge >= 0.3 is 0 Å². The van der Waals surface area contributed by atoms with Gasteiger partial charge in [-0.2, -0.15) is 0 Å². The second-order valence-corrected chi connectivity index (χ2v) is 3.78. The van der Waals surface area contributed by atoms with E-state index in [9.17, 15) is 8.78 Å². The van der Waals surface area contributed by atoms with E-state index in [4.69, 9.17) is 4.74 Å². The van der Waals surface area contributed by atoms with Crippen LogP contribution in [0.4, 0.5) is 8.78 Å². The Kier molecular flexibility index (Phi) is 4.45. The first kappa shape index (κ1) is 13.0. The maximum absolute atomic E-state index is 13.6. The molecule has 19 heavy (non-hydrogen) atoms. The molecule has 3 heteroatoms. The fraction of sp³-hybridized carbons (Fsp3) is 0. The van der Waals surface area contributed by atoms with Crippen LogP contribution in [0.3, 0.4) is 0 Å². The van der Waals surface area contributed by atoms with Crippen molar-refractivity contribution in [2.24, 2.45) is 0 Å². The van der Waals surface area contributed by atoms with Crippen molar-refractivity contribution in [3.05, 3.63) is 78.4 Å². The number of halogens is 2. The van der Waals surface area contributed by atoms with Crippen LogP contribution in [0.25, 0.3) is 6.08 Å². The summed E-state index contributed by atoms with van der Waals surface area (Å²) in [7, 11) is 0. The minimum Gasteiger partial charge on any atom is -0.454 e. The predicted molar refractivity (Wildman–Crippen MR) is 72.2 cm³/mol. The molecule has 0 N–H and O–H groups in total. The van der Waals surface area contributed by atoms with Gasteiger partial charge in [-0.3, -0.25) is 0 Å². The topological polar surface area (TPSA) is 9.23 Å². The van der Waals surface area contributed by atoms with Crippen molar-refractivity contribution in [1.29, 1.82) is 0 Å². The number of hydrogen-bond donors (Lipinski definition) is 0. The van der Waals surface area contributed by atoms with Gasteiger partial charge in [0.1, 0.15) is 5.75 Å². The number of ether oxygens (including phenoxy) is 1. The van der Waals surface area contributed by atoms with Crippen LogP contribution in [0.5, 0.6) is 11.5 Å². The molecule has 0 aromatic heterocycles. The molecular formula is C16H12F2O. The third kappa shape index (κ3) is 3.78. The Morgan fingerprint density at radius 3 is 2.47 bits per heavy atom. The summed E-state index contributed by atoms with van der Waals surface area (Å²) in [6, 6.07) is 13.4. The lowest BCUT2D eigenvalue weighted by atomic mass is 10.2. The molecule has 0 amide bonds. The van der Waals surface area contributed by atoms with Crippen LogP contribution < -0.4 is 4.74 Å². The van der Waals surface area contributed by atoms with E-state index in [2.05, 4.69) is 0 Å². The molecule has 0 bridgehead atoms. The number of hydrogen-bond acceptors (Lipinski definition) is 1. The van der Waals surface area contributed by atoms with Crippen molar-refractivity contribution < 1.29 is 13.5 Å². The summed E-state index contributed by atoms with van der Waals surface area (Å²) in [5.41, 5.74) is 0.727. The van der Waals surface area contributed by atoms with Crippen molar-refractivity contribution in [3.8, 4) is 11.5 Å². The molecule has 0 atom stereocenters. The summed E-state index contributed by atoms with van der Waals surface area (Å²) in [5.74, 6) is 0.255. The smallest absolute Gasteiger partial charge is 0.165 e. The van der Waals surface area contributed by atoms with Crippen molar-refractivity contribution in [2.75, 3.05) is 0 Å². The zero-order chi connectivity index (χ0) is 13.5. The molecule has 0 radical (unpaired) electrons. The molecular weight excluding hydrogens is 246 g/mol. The lowest BCUT2D eigenvalue weighted by Crippen LogP contribution is -1.88. The molecule has 96 valence electrons. The number of allylic oxidation sites excluding steroid dienone is 2. The first-order valence-electron chi connectivity index (χ1n) is 5.75. The highest BCUT2D eigenvalue weighted by atomic mass is 19.1. The minimum atomic E-state index is -0.443. The second kappa shape index (κ2) is 6.50. The lowest BCUT2D eigenvalue weighted by molar-refractivity contribution is 0.442. The summed E-state index contributed by atoms with van der Waals surface area (Å²) in [6.07, 6.45) is 4.87. The van der Waals surface area contributed by atoms with Crippen LogP contribution >= 0.6 is 0 Å². The molecule has 2 aromatic carbocycles. The maximum Gasteiger partial charge on any atom is 0.165 e. The SMILES string of the molecule is FC=CC=Cc1ccc(F)c(Oc2ccccc2)c1. The molecule has 0 saturated carbocycles. The number of para-hydroxylation sites is 1. The van der Waals surface area contributed by atoms with Crippen LogP contribution in [-0.2, 0) is 0 Å². The molecule has 1 nitrogen and oxygen atoms in total. The van der Waals surface area contributed by atoms with E-state index in [-0.39, 0.29) is 5.75 Å². The molecule has 0 fully saturated rings. The highest BCUT2D eigenvalue weighted by molar-refractivity contribution is 5.54. The zero-order valence-electron chi connectivity index (χ0n) is 10.1. The van der Waals surface area contributed by atoms with Crippen molar-refractivity contribution >= 4 is 6.08 Å². The lowest BCUT2D eigenvalue weighted by Gasteiger charge is -2.07. The highest BCUT2D eigenvalue weighted by Gasteiger charge is 2.04. The van der Waals surface area contributed by atoms with Gasteiger partial charge in [0.2, 0.25) is 0 Å². The summed E-state index contributed by atoms with van der Waals surface area (Å²) < 4.78 is 30.9. The molecule has 0 spiro atoms. The van der Waals surface area contributed by atoms with Crippen molar-refractivity contribution in [3.63, 3.8) is 0 Å². The molecule has 0 saturated heterocycles. The van der Waals surface area contributed by atoms with Crippen molar-refractivity contribution in [2.45, 2.75) is 0 Å². The standard InChI is InChI=1S/C16H12F2O/c17-11-5-4-6-13-9-10-15(18)16(12-13)19-14-7-2-1-3-8-14/h1-12H. The third-order valence-corrected chi connectivity index (χ3v) is 2.40. The van der Waals surface area contributed by atoms with Gasteiger partial charge in [-0.05, 0) is 35.9 Å². The van der Waals surface area contributed by atoms with Gasteiger partial charge in [0.05, 0.1) is 6.33 Å². The highest BCUT2D eigenvalue weighted by Crippen LogP contribution is 2.25. The van der Waals surface area contributed by atoms with Gasteiger partial charge in [-0.25, -0.2) is 8.78 Å². The van der Waals surface area contributed by atoms with Gasteiger partial charge < -0.3 is 4.74 Å². The summed E-state index contributed by atoms with van der Waals surface area (Å²) in [4.78, 5) is 0. The first-order valence-corrected chi connectivity index (χ1v) is 5.75. The summed E-state index contributed by atoms with van der Waals surface area (Å²) >= 11 is 0. The molecule has 0 unspecified atom stereocenters. The Balaban J connectivity index is 2.22. The van der Waals surface area contributed by atoms with Crippen LogP contribution in [-0.4, -0.2) is 0 Å². The van der Waals surface area contributed by atoms with E-state index < -0.39 is 5.82 Å². The summed E-state index contributed by atoms with van der Waals surface area (Å²) in [6.45, 7) is 0. The van der Waals surface area contributed by atoms with Crippen LogP contribution in [0, 0.1) is 5.82 Å². The second-order valence-electron chi connectivity index (χ2n) is 3.78. The first-order chi connectivity index (χ1) is 9.29. The molecule has 2 aromatic rings. The predicted octanol–water partition coefficient (Wildman–Crippen LogP) is 5.11. The largest absolute Gasteiger partial charge is 0.454 e. The molecule has 2 rings (SSSR count). The van der Waals surface area contributed by atoms with Gasteiger partial charge in [-0.15, -0.1) is 0 Å². The molecule has 0 aliphatic heterocycles. The van der Waals surface area contributed by atoms with Gasteiger partial charge in [0, 0.05) is 0 Å². The molecule has 0 aliphatic carbocycles.